The molecule has 7 rings (SSSR count). The maximum absolute atomic E-state index is 13.7. The first kappa shape index (κ1) is 48.2. The molecule has 0 saturated carbocycles. The highest BCUT2D eigenvalue weighted by atomic mass is 32.2. The molecule has 3 heterocycles. The van der Waals surface area contributed by atoms with Gasteiger partial charge in [0, 0.05) is 25.7 Å². The highest BCUT2D eigenvalue weighted by molar-refractivity contribution is 7.99. The number of imide groups is 1. The zero-order valence-corrected chi connectivity index (χ0v) is 38.0. The van der Waals surface area contributed by atoms with Crippen LogP contribution in [-0.4, -0.2) is 120 Å². The lowest BCUT2D eigenvalue weighted by molar-refractivity contribution is -0.341. The van der Waals surface area contributed by atoms with Crippen LogP contribution < -0.4 is 5.43 Å². The molecule has 18 heteroatoms. The predicted molar refractivity (Wildman–Crippen MR) is 235 cm³/mol. The van der Waals surface area contributed by atoms with Gasteiger partial charge in [-0.3, -0.25) is 28.8 Å². The number of esters is 4. The molecule has 350 valence electrons. The Morgan fingerprint density at radius 1 is 0.697 bits per heavy atom. The van der Waals surface area contributed by atoms with Gasteiger partial charge in [-0.25, -0.2) is 10.4 Å². The van der Waals surface area contributed by atoms with Gasteiger partial charge in [0.1, 0.15) is 49.2 Å². The van der Waals surface area contributed by atoms with Gasteiger partial charge in [-0.2, -0.15) is 0 Å². The number of carbonyl (C=O) groups is 6. The molecule has 0 radical (unpaired) electrons. The molecule has 0 aliphatic carbocycles. The topological polar surface area (TPSA) is 212 Å². The molecule has 3 aliphatic heterocycles. The van der Waals surface area contributed by atoms with Crippen molar-refractivity contribution < 1.29 is 71.8 Å². The number of aliphatic hydroxyl groups excluding tert-OH is 1. The number of carbonyl (C=O) groups excluding carboxylic acids is 6. The van der Waals surface area contributed by atoms with Gasteiger partial charge < -0.3 is 43.0 Å². The van der Waals surface area contributed by atoms with Gasteiger partial charge in [-0.05, 0) is 67.4 Å². The molecule has 66 heavy (non-hydrogen) atoms. The fraction of sp³-hybridized carbons (Fsp3) is 0.417. The number of ether oxygens (including phenoxy) is 8. The summed E-state index contributed by atoms with van der Waals surface area (Å²) in [5, 5.41) is 15.3. The van der Waals surface area contributed by atoms with Crippen molar-refractivity contribution in [3.8, 4) is 0 Å². The first-order valence-electron chi connectivity index (χ1n) is 21.3. The Kier molecular flexibility index (Phi) is 15.2. The lowest BCUT2D eigenvalue weighted by Crippen LogP contribution is -2.69. The van der Waals surface area contributed by atoms with Crippen LogP contribution in [0.25, 0.3) is 10.8 Å². The molecule has 0 bridgehead atoms. The molecule has 17 nitrogen and oxygen atoms in total. The smallest absolute Gasteiger partial charge is 0.311 e. The molecule has 3 aliphatic rings. The Morgan fingerprint density at radius 3 is 1.92 bits per heavy atom. The highest BCUT2D eigenvalue weighted by Crippen LogP contribution is 2.39. The van der Waals surface area contributed by atoms with Crippen molar-refractivity contribution in [2.75, 3.05) is 13.2 Å². The number of rotatable bonds is 15. The zero-order valence-electron chi connectivity index (χ0n) is 37.2. The van der Waals surface area contributed by atoms with E-state index in [4.69, 9.17) is 37.9 Å². The summed E-state index contributed by atoms with van der Waals surface area (Å²) in [5.74, 6) is -4.19. The summed E-state index contributed by atoms with van der Waals surface area (Å²) in [6, 6.07) is 27.3. The van der Waals surface area contributed by atoms with Crippen molar-refractivity contribution in [3.05, 3.63) is 114 Å². The first-order valence-corrected chi connectivity index (χ1v) is 22.2. The number of hydrogen-bond donors (Lipinski definition) is 2. The zero-order chi connectivity index (χ0) is 47.3. The van der Waals surface area contributed by atoms with Gasteiger partial charge in [0.15, 0.2) is 18.5 Å². The second kappa shape index (κ2) is 20.8. The van der Waals surface area contributed by atoms with Crippen molar-refractivity contribution in [1.82, 2.24) is 10.4 Å². The summed E-state index contributed by atoms with van der Waals surface area (Å²) >= 11 is 1.16. The Bertz CT molecular complexity index is 2390. The fourth-order valence-electron chi connectivity index (χ4n) is 7.76. The predicted octanol–water partition coefficient (Wildman–Crippen LogP) is 4.90. The summed E-state index contributed by atoms with van der Waals surface area (Å²) < 4.78 is 49.0. The van der Waals surface area contributed by atoms with Gasteiger partial charge >= 0.3 is 23.9 Å². The standard InChI is InChI=1S/C48H52N2O15S/c1-26(51)58-24-36-40(61-27(2)52)41(59-23-29-20-21-30-14-10-11-15-31(30)22-29)42(62-28(3)53)45(63-36)65-39-35(25-60-47(57)48(4,5)6)64-46(66-32-16-8-7-9-17-32)37(38(39)54)49-50-43(55)33-18-12-13-19-34(33)44(50)56/h7-22,35-42,45-46,49,54H,23-25H2,1-6H3/t35-,36-,37-,38-,39-,40+,41+,42-,45+,46+/m1/s1. The minimum Gasteiger partial charge on any atom is -0.463 e. The van der Waals surface area contributed by atoms with E-state index in [1.165, 1.54) is 19.1 Å². The fourth-order valence-corrected chi connectivity index (χ4v) is 8.91. The van der Waals surface area contributed by atoms with Crippen LogP contribution in [0.4, 0.5) is 0 Å². The van der Waals surface area contributed by atoms with E-state index in [1.54, 1.807) is 57.2 Å². The molecule has 0 aromatic heterocycles. The van der Waals surface area contributed by atoms with Crippen molar-refractivity contribution in [2.24, 2.45) is 5.41 Å². The number of hydrazine groups is 1. The van der Waals surface area contributed by atoms with Crippen LogP contribution in [0.3, 0.4) is 0 Å². The van der Waals surface area contributed by atoms with E-state index in [0.717, 1.165) is 41.4 Å². The number of benzene rings is 4. The molecule has 2 N–H and O–H groups in total. The average Bonchev–Trinajstić information content (AvgIpc) is 3.51. The highest BCUT2D eigenvalue weighted by Gasteiger charge is 2.56. The minimum atomic E-state index is -1.71. The quantitative estimate of drug-likeness (QED) is 0.0922. The Morgan fingerprint density at radius 2 is 1.29 bits per heavy atom. The first-order chi connectivity index (χ1) is 31.5. The third-order valence-electron chi connectivity index (χ3n) is 10.9. The van der Waals surface area contributed by atoms with E-state index >= 15 is 0 Å². The maximum Gasteiger partial charge on any atom is 0.311 e. The van der Waals surface area contributed by atoms with Crippen LogP contribution in [0, 0.1) is 5.41 Å². The summed E-state index contributed by atoms with van der Waals surface area (Å²) in [5.41, 5.74) is 1.88. The van der Waals surface area contributed by atoms with E-state index in [1.807, 2.05) is 48.5 Å². The van der Waals surface area contributed by atoms with Gasteiger partial charge in [0.05, 0.1) is 29.2 Å². The molecular weight excluding hydrogens is 877 g/mol. The molecule has 0 unspecified atom stereocenters. The summed E-state index contributed by atoms with van der Waals surface area (Å²) in [6.45, 7) is 7.43. The van der Waals surface area contributed by atoms with Crippen molar-refractivity contribution in [3.63, 3.8) is 0 Å². The van der Waals surface area contributed by atoms with Crippen LogP contribution in [0.1, 0.15) is 67.8 Å². The van der Waals surface area contributed by atoms with Gasteiger partial charge in [-0.15, -0.1) is 0 Å². The molecule has 4 aromatic rings. The number of hydrogen-bond acceptors (Lipinski definition) is 17. The number of aliphatic hydroxyl groups is 1. The van der Waals surface area contributed by atoms with Crippen molar-refractivity contribution >= 4 is 58.2 Å². The number of fused-ring (bicyclic) bond motifs is 2. The normalized spacial score (nSPS) is 26.4. The molecule has 2 amide bonds. The van der Waals surface area contributed by atoms with Crippen LogP contribution >= 0.6 is 11.8 Å². The molecule has 10 atom stereocenters. The Labute approximate surface area is 385 Å². The van der Waals surface area contributed by atoms with Crippen LogP contribution in [0.5, 0.6) is 0 Å². The van der Waals surface area contributed by atoms with Crippen molar-refractivity contribution in [2.45, 2.75) is 114 Å². The summed E-state index contributed by atoms with van der Waals surface area (Å²) in [4.78, 5) is 79.2. The largest absolute Gasteiger partial charge is 0.463 e. The van der Waals surface area contributed by atoms with E-state index in [-0.39, 0.29) is 17.7 Å². The van der Waals surface area contributed by atoms with E-state index in [2.05, 4.69) is 5.43 Å². The summed E-state index contributed by atoms with van der Waals surface area (Å²) in [6.07, 6.45) is -11.8. The lowest BCUT2D eigenvalue weighted by atomic mass is 9.95. The number of thioether (sulfide) groups is 1. The maximum atomic E-state index is 13.7. The summed E-state index contributed by atoms with van der Waals surface area (Å²) in [7, 11) is 0. The second-order valence-electron chi connectivity index (χ2n) is 17.0. The van der Waals surface area contributed by atoms with Crippen molar-refractivity contribution in [1.29, 1.82) is 0 Å². The third-order valence-corrected chi connectivity index (χ3v) is 12.1. The van der Waals surface area contributed by atoms with Crippen LogP contribution in [0.15, 0.2) is 102 Å². The Hall–Kier alpha value is -5.73. The van der Waals surface area contributed by atoms with E-state index in [9.17, 15) is 33.9 Å². The molecule has 0 spiro atoms. The van der Waals surface area contributed by atoms with Gasteiger partial charge in [0.2, 0.25) is 0 Å². The third kappa shape index (κ3) is 11.3. The average molecular weight is 929 g/mol. The van der Waals surface area contributed by atoms with Crippen LogP contribution in [-0.2, 0) is 63.7 Å². The second-order valence-corrected chi connectivity index (χ2v) is 18.2. The molecule has 4 aromatic carbocycles. The molecule has 2 saturated heterocycles. The van der Waals surface area contributed by atoms with Crippen LogP contribution in [0.2, 0.25) is 0 Å². The molecular formula is C48H52N2O15S. The minimum absolute atomic E-state index is 0.0940. The SMILES string of the molecule is CC(=O)OC[C@H]1O[C@@H](O[C@H]2[C@H](O)[C@@H](NN3C(=O)c4ccccc4C3=O)[C@H](Sc3ccccc3)O[C@@H]2COC(=O)C(C)(C)C)[C@H](OC(C)=O)[C@@H](OCc2ccc3ccccc3c2)[C@H]1OC(C)=O. The number of nitrogens with one attached hydrogen (secondary N) is 1. The lowest BCUT2D eigenvalue weighted by Gasteiger charge is -2.49. The van der Waals surface area contributed by atoms with Gasteiger partial charge in [0.25, 0.3) is 11.8 Å². The van der Waals surface area contributed by atoms with E-state index < -0.39 is 115 Å². The number of amides is 2. The number of nitrogens with zero attached hydrogens (tertiary/aromatic N) is 1. The molecule has 2 fully saturated rings. The Balaban J connectivity index is 1.27. The monoisotopic (exact) mass is 928 g/mol. The van der Waals surface area contributed by atoms with Gasteiger partial charge in [-0.1, -0.05) is 78.5 Å². The van der Waals surface area contributed by atoms with E-state index in [0.29, 0.717) is 10.5 Å².